The van der Waals surface area contributed by atoms with Gasteiger partial charge in [0.15, 0.2) is 0 Å². The second kappa shape index (κ2) is 7.78. The van der Waals surface area contributed by atoms with Gasteiger partial charge in [0.1, 0.15) is 0 Å². The lowest BCUT2D eigenvalue weighted by atomic mass is 9.84. The quantitative estimate of drug-likeness (QED) is 0.766. The minimum atomic E-state index is 0.213. The Morgan fingerprint density at radius 3 is 2.72 bits per heavy atom. The number of nitrogens with two attached hydrogens (primary N) is 1. The van der Waals surface area contributed by atoms with Gasteiger partial charge in [-0.1, -0.05) is 26.7 Å². The summed E-state index contributed by atoms with van der Waals surface area (Å²) in [5.41, 5.74) is 5.95. The van der Waals surface area contributed by atoms with Gasteiger partial charge in [0.05, 0.1) is 0 Å². The van der Waals surface area contributed by atoms with Crippen molar-refractivity contribution in [2.45, 2.75) is 77.8 Å². The smallest absolute Gasteiger partial charge is 0.220 e. The van der Waals surface area contributed by atoms with Gasteiger partial charge >= 0.3 is 0 Å². The molecule has 0 spiro atoms. The van der Waals surface area contributed by atoms with Crippen LogP contribution in [-0.2, 0) is 4.79 Å². The van der Waals surface area contributed by atoms with Gasteiger partial charge in [0.2, 0.25) is 5.91 Å². The number of hydrogen-bond acceptors (Lipinski definition) is 2. The van der Waals surface area contributed by atoms with Crippen molar-refractivity contribution in [2.24, 2.45) is 17.6 Å². The molecule has 3 nitrogen and oxygen atoms in total. The highest BCUT2D eigenvalue weighted by atomic mass is 16.1. The number of carbonyl (C=O) groups is 1. The van der Waals surface area contributed by atoms with Crippen molar-refractivity contribution in [3.8, 4) is 0 Å². The second-order valence-electron chi connectivity index (χ2n) is 6.21. The fourth-order valence-electron chi connectivity index (χ4n) is 2.94. The molecule has 0 radical (unpaired) electrons. The molecule has 1 amide bonds. The van der Waals surface area contributed by atoms with Crippen molar-refractivity contribution >= 4 is 5.91 Å². The third kappa shape index (κ3) is 5.85. The summed E-state index contributed by atoms with van der Waals surface area (Å²) in [6.45, 7) is 6.54. The molecule has 1 rings (SSSR count). The van der Waals surface area contributed by atoms with Crippen molar-refractivity contribution in [3.63, 3.8) is 0 Å². The molecule has 1 fully saturated rings. The first-order valence-electron chi connectivity index (χ1n) is 7.56. The first-order valence-corrected chi connectivity index (χ1v) is 7.56. The zero-order chi connectivity index (χ0) is 13.5. The van der Waals surface area contributed by atoms with Crippen LogP contribution >= 0.6 is 0 Å². The zero-order valence-corrected chi connectivity index (χ0v) is 12.2. The molecule has 3 N–H and O–H groups in total. The molecule has 0 aromatic carbocycles. The number of hydrogen-bond donors (Lipinski definition) is 2. The van der Waals surface area contributed by atoms with Crippen molar-refractivity contribution in [2.75, 3.05) is 0 Å². The summed E-state index contributed by atoms with van der Waals surface area (Å²) >= 11 is 0. The van der Waals surface area contributed by atoms with Crippen LogP contribution in [0.4, 0.5) is 0 Å². The number of rotatable bonds is 6. The molecule has 0 bridgehead atoms. The zero-order valence-electron chi connectivity index (χ0n) is 12.2. The van der Waals surface area contributed by atoms with Gasteiger partial charge in [-0.15, -0.1) is 0 Å². The number of amides is 1. The summed E-state index contributed by atoms with van der Waals surface area (Å²) in [4.78, 5) is 11.9. The maximum Gasteiger partial charge on any atom is 0.220 e. The van der Waals surface area contributed by atoms with Gasteiger partial charge < -0.3 is 11.1 Å². The molecule has 1 saturated carbocycles. The van der Waals surface area contributed by atoms with E-state index >= 15 is 0 Å². The Labute approximate surface area is 112 Å². The average molecular weight is 254 g/mol. The van der Waals surface area contributed by atoms with Crippen LogP contribution in [0.3, 0.4) is 0 Å². The molecule has 0 aromatic rings. The van der Waals surface area contributed by atoms with E-state index in [1.54, 1.807) is 0 Å². The maximum atomic E-state index is 11.9. The van der Waals surface area contributed by atoms with E-state index in [1.165, 1.54) is 19.3 Å². The molecule has 1 aliphatic rings. The fourth-order valence-corrected chi connectivity index (χ4v) is 2.94. The Hall–Kier alpha value is -0.570. The lowest BCUT2D eigenvalue weighted by molar-refractivity contribution is -0.123. The Kier molecular flexibility index (Phi) is 6.69. The van der Waals surface area contributed by atoms with E-state index in [4.69, 9.17) is 5.73 Å². The minimum Gasteiger partial charge on any atom is -0.354 e. The summed E-state index contributed by atoms with van der Waals surface area (Å²) in [5.74, 6) is 1.40. The number of nitrogens with one attached hydrogen (secondary N) is 1. The Bertz CT molecular complexity index is 255. The first-order chi connectivity index (χ1) is 8.51. The van der Waals surface area contributed by atoms with E-state index in [0.717, 1.165) is 19.3 Å². The normalized spacial score (nSPS) is 27.6. The molecular weight excluding hydrogens is 224 g/mol. The summed E-state index contributed by atoms with van der Waals surface area (Å²) in [6.07, 6.45) is 7.42. The van der Waals surface area contributed by atoms with E-state index in [9.17, 15) is 4.79 Å². The fraction of sp³-hybridized carbons (Fsp3) is 0.933. The minimum absolute atomic E-state index is 0.213. The molecule has 0 aliphatic heterocycles. The number of carbonyl (C=O) groups excluding carboxylic acids is 1. The van der Waals surface area contributed by atoms with Crippen LogP contribution in [0.1, 0.15) is 65.7 Å². The largest absolute Gasteiger partial charge is 0.354 e. The Morgan fingerprint density at radius 2 is 2.11 bits per heavy atom. The standard InChI is InChI=1S/C15H30N2O/c1-4-11(2)8-12(3)17-15(18)10-13-6-5-7-14(16)9-13/h11-14H,4-10,16H2,1-3H3,(H,17,18). The summed E-state index contributed by atoms with van der Waals surface area (Å²) < 4.78 is 0. The molecular formula is C15H30N2O. The van der Waals surface area contributed by atoms with Gasteiger partial charge in [-0.25, -0.2) is 0 Å². The van der Waals surface area contributed by atoms with Crippen LogP contribution in [0.2, 0.25) is 0 Å². The third-order valence-corrected chi connectivity index (χ3v) is 4.16. The molecule has 0 aromatic heterocycles. The van der Waals surface area contributed by atoms with Crippen LogP contribution < -0.4 is 11.1 Å². The summed E-state index contributed by atoms with van der Waals surface area (Å²) in [7, 11) is 0. The van der Waals surface area contributed by atoms with E-state index in [-0.39, 0.29) is 5.91 Å². The highest BCUT2D eigenvalue weighted by Gasteiger charge is 2.22. The van der Waals surface area contributed by atoms with E-state index in [0.29, 0.717) is 30.3 Å². The van der Waals surface area contributed by atoms with Crippen LogP contribution in [-0.4, -0.2) is 18.0 Å². The summed E-state index contributed by atoms with van der Waals surface area (Å²) in [6, 6.07) is 0.610. The molecule has 3 heteroatoms. The van der Waals surface area contributed by atoms with Crippen LogP contribution in [0.25, 0.3) is 0 Å². The maximum absolute atomic E-state index is 11.9. The van der Waals surface area contributed by atoms with E-state index in [1.807, 2.05) is 0 Å². The Morgan fingerprint density at radius 1 is 1.39 bits per heavy atom. The lowest BCUT2D eigenvalue weighted by Gasteiger charge is -2.26. The van der Waals surface area contributed by atoms with Crippen molar-refractivity contribution in [1.29, 1.82) is 0 Å². The molecule has 0 saturated heterocycles. The van der Waals surface area contributed by atoms with Crippen LogP contribution in [0.15, 0.2) is 0 Å². The van der Waals surface area contributed by atoms with Crippen LogP contribution in [0.5, 0.6) is 0 Å². The predicted molar refractivity (Wildman–Crippen MR) is 76.2 cm³/mol. The van der Waals surface area contributed by atoms with Crippen LogP contribution in [0, 0.1) is 11.8 Å². The lowest BCUT2D eigenvalue weighted by Crippen LogP contribution is -2.36. The monoisotopic (exact) mass is 254 g/mol. The molecule has 4 unspecified atom stereocenters. The van der Waals surface area contributed by atoms with Gasteiger partial charge in [0.25, 0.3) is 0 Å². The van der Waals surface area contributed by atoms with Gasteiger partial charge in [-0.3, -0.25) is 4.79 Å². The summed E-state index contributed by atoms with van der Waals surface area (Å²) in [5, 5.41) is 3.13. The van der Waals surface area contributed by atoms with Crippen molar-refractivity contribution in [3.05, 3.63) is 0 Å². The SMILES string of the molecule is CCC(C)CC(C)NC(=O)CC1CCCC(N)C1. The molecule has 0 heterocycles. The topological polar surface area (TPSA) is 55.1 Å². The predicted octanol–water partition coefficient (Wildman–Crippen LogP) is 2.83. The Balaban J connectivity index is 2.23. The first kappa shape index (κ1) is 15.5. The molecule has 106 valence electrons. The molecule has 4 atom stereocenters. The highest BCUT2D eigenvalue weighted by Crippen LogP contribution is 2.25. The second-order valence-corrected chi connectivity index (χ2v) is 6.21. The highest BCUT2D eigenvalue weighted by molar-refractivity contribution is 5.76. The van der Waals surface area contributed by atoms with Gasteiger partial charge in [-0.2, -0.15) is 0 Å². The van der Waals surface area contributed by atoms with Gasteiger partial charge in [0, 0.05) is 18.5 Å². The van der Waals surface area contributed by atoms with Gasteiger partial charge in [-0.05, 0) is 44.4 Å². The molecule has 1 aliphatic carbocycles. The van der Waals surface area contributed by atoms with E-state index < -0.39 is 0 Å². The van der Waals surface area contributed by atoms with Crippen molar-refractivity contribution < 1.29 is 4.79 Å². The average Bonchev–Trinajstić information content (AvgIpc) is 2.28. The van der Waals surface area contributed by atoms with E-state index in [2.05, 4.69) is 26.1 Å². The molecule has 18 heavy (non-hydrogen) atoms. The van der Waals surface area contributed by atoms with Crippen molar-refractivity contribution in [1.82, 2.24) is 5.32 Å². The third-order valence-electron chi connectivity index (χ3n) is 4.16.